The van der Waals surface area contributed by atoms with E-state index in [1.807, 2.05) is 11.4 Å². The van der Waals surface area contributed by atoms with Crippen molar-refractivity contribution in [2.24, 2.45) is 0 Å². The molecule has 29 heavy (non-hydrogen) atoms. The van der Waals surface area contributed by atoms with E-state index in [-0.39, 0.29) is 37.1 Å². The fraction of sp³-hybridized carbons (Fsp3) is 0.421. The van der Waals surface area contributed by atoms with Crippen LogP contribution in [-0.2, 0) is 29.1 Å². The Morgan fingerprint density at radius 3 is 2.90 bits per heavy atom. The van der Waals surface area contributed by atoms with Gasteiger partial charge < -0.3 is 15.0 Å². The van der Waals surface area contributed by atoms with Gasteiger partial charge >= 0.3 is 6.18 Å². The van der Waals surface area contributed by atoms with E-state index in [9.17, 15) is 22.8 Å². The summed E-state index contributed by atoms with van der Waals surface area (Å²) in [6, 6.07) is 5.08. The van der Waals surface area contributed by atoms with E-state index in [0.717, 1.165) is 12.0 Å². The summed E-state index contributed by atoms with van der Waals surface area (Å²) in [7, 11) is 0. The van der Waals surface area contributed by atoms with Crippen LogP contribution in [-0.4, -0.2) is 41.0 Å². The van der Waals surface area contributed by atoms with E-state index in [4.69, 9.17) is 0 Å². The maximum Gasteiger partial charge on any atom is 0.422 e. The molecule has 2 amide bonds. The van der Waals surface area contributed by atoms with E-state index in [1.165, 1.54) is 17.1 Å². The molecular formula is C19H20F3N3O3S. The predicted molar refractivity (Wildman–Crippen MR) is 100 cm³/mol. The molecular weight excluding hydrogens is 407 g/mol. The van der Waals surface area contributed by atoms with Gasteiger partial charge in [-0.2, -0.15) is 13.2 Å². The van der Waals surface area contributed by atoms with Crippen molar-refractivity contribution in [3.63, 3.8) is 0 Å². The van der Waals surface area contributed by atoms with Gasteiger partial charge in [0.1, 0.15) is 0 Å². The lowest BCUT2D eigenvalue weighted by molar-refractivity contribution is -0.154. The summed E-state index contributed by atoms with van der Waals surface area (Å²) in [5.74, 6) is -0.633. The molecule has 0 bridgehead atoms. The van der Waals surface area contributed by atoms with Crippen molar-refractivity contribution in [3.8, 4) is 5.88 Å². The lowest BCUT2D eigenvalue weighted by Gasteiger charge is -2.27. The number of nitrogens with zero attached hydrogens (tertiary/aromatic N) is 2. The number of hydrogen-bond acceptors (Lipinski definition) is 5. The zero-order valence-corrected chi connectivity index (χ0v) is 16.3. The highest BCUT2D eigenvalue weighted by molar-refractivity contribution is 7.10. The molecule has 2 aromatic heterocycles. The van der Waals surface area contributed by atoms with Gasteiger partial charge in [-0.3, -0.25) is 9.59 Å². The number of carbonyl (C=O) groups is 2. The maximum atomic E-state index is 12.4. The Labute approximate surface area is 169 Å². The number of ether oxygens (including phenoxy) is 1. The fourth-order valence-electron chi connectivity index (χ4n) is 2.96. The summed E-state index contributed by atoms with van der Waals surface area (Å²) in [4.78, 5) is 31.2. The van der Waals surface area contributed by atoms with Gasteiger partial charge in [0, 0.05) is 49.1 Å². The molecule has 3 heterocycles. The first-order valence-corrected chi connectivity index (χ1v) is 9.93. The summed E-state index contributed by atoms with van der Waals surface area (Å²) in [6.45, 7) is -0.282. The quantitative estimate of drug-likeness (QED) is 0.737. The number of hydrogen-bond donors (Lipinski definition) is 1. The number of rotatable bonds is 7. The topological polar surface area (TPSA) is 71.5 Å². The normalized spacial score (nSPS) is 13.7. The van der Waals surface area contributed by atoms with Crippen LogP contribution in [0.15, 0.2) is 29.8 Å². The molecule has 0 fully saturated rings. The van der Waals surface area contributed by atoms with E-state index in [2.05, 4.69) is 15.0 Å². The Hall–Kier alpha value is -2.62. The Bertz CT molecular complexity index is 870. The second kappa shape index (κ2) is 9.25. The molecule has 0 aliphatic carbocycles. The largest absolute Gasteiger partial charge is 0.468 e. The van der Waals surface area contributed by atoms with Crippen molar-refractivity contribution in [3.05, 3.63) is 45.8 Å². The van der Waals surface area contributed by atoms with Crippen LogP contribution >= 0.6 is 11.3 Å². The third kappa shape index (κ3) is 6.18. The monoisotopic (exact) mass is 427 g/mol. The maximum absolute atomic E-state index is 12.4. The molecule has 1 N–H and O–H groups in total. The summed E-state index contributed by atoms with van der Waals surface area (Å²) in [6.07, 6.45) is -2.25. The van der Waals surface area contributed by atoms with Crippen LogP contribution in [0.2, 0.25) is 0 Å². The van der Waals surface area contributed by atoms with Crippen LogP contribution in [0.4, 0.5) is 13.2 Å². The van der Waals surface area contributed by atoms with Gasteiger partial charge in [-0.1, -0.05) is 6.07 Å². The van der Waals surface area contributed by atoms with Gasteiger partial charge in [0.15, 0.2) is 6.61 Å². The molecule has 0 atom stereocenters. The van der Waals surface area contributed by atoms with Crippen molar-refractivity contribution in [2.75, 3.05) is 13.2 Å². The molecule has 156 valence electrons. The highest BCUT2D eigenvalue weighted by atomic mass is 32.1. The number of alkyl halides is 3. The van der Waals surface area contributed by atoms with Gasteiger partial charge in [-0.05, 0) is 29.5 Å². The number of amides is 2. The van der Waals surface area contributed by atoms with Gasteiger partial charge in [-0.25, -0.2) is 4.98 Å². The molecule has 1 aliphatic rings. The van der Waals surface area contributed by atoms with Gasteiger partial charge in [0.05, 0.1) is 0 Å². The summed E-state index contributed by atoms with van der Waals surface area (Å²) in [5, 5.41) is 4.61. The SMILES string of the molecule is O=C(CCC(=O)N1CCc2sccc2C1)NCc1cccnc1OCC(F)(F)F. The summed E-state index contributed by atoms with van der Waals surface area (Å²) < 4.78 is 41.7. The zero-order chi connectivity index (χ0) is 20.9. The Balaban J connectivity index is 1.44. The van der Waals surface area contributed by atoms with Crippen molar-refractivity contribution >= 4 is 23.2 Å². The van der Waals surface area contributed by atoms with Crippen molar-refractivity contribution < 1.29 is 27.5 Å². The molecule has 10 heteroatoms. The molecule has 0 spiro atoms. The third-order valence-corrected chi connectivity index (χ3v) is 5.45. The highest BCUT2D eigenvalue weighted by Gasteiger charge is 2.29. The molecule has 1 aliphatic heterocycles. The standard InChI is InChI=1S/C19H20F3N3O3S/c20-19(21,22)12-28-18-13(2-1-7-23-18)10-24-16(26)3-4-17(27)25-8-5-15-14(11-25)6-9-29-15/h1-2,6-7,9H,3-5,8,10-12H2,(H,24,26). The minimum atomic E-state index is -4.48. The van der Waals surface area contributed by atoms with Gasteiger partial charge in [-0.15, -0.1) is 11.3 Å². The molecule has 0 saturated carbocycles. The van der Waals surface area contributed by atoms with Crippen molar-refractivity contribution in [2.45, 2.75) is 38.5 Å². The smallest absolute Gasteiger partial charge is 0.422 e. The lowest BCUT2D eigenvalue weighted by atomic mass is 10.1. The molecule has 6 nitrogen and oxygen atoms in total. The van der Waals surface area contributed by atoms with E-state index in [1.54, 1.807) is 22.3 Å². The molecule has 0 radical (unpaired) electrons. The van der Waals surface area contributed by atoms with E-state index in [0.29, 0.717) is 18.7 Å². The number of carbonyl (C=O) groups excluding carboxylic acids is 2. The summed E-state index contributed by atoms with van der Waals surface area (Å²) in [5.41, 5.74) is 1.49. The van der Waals surface area contributed by atoms with Crippen molar-refractivity contribution in [1.82, 2.24) is 15.2 Å². The molecule has 0 unspecified atom stereocenters. The molecule has 3 rings (SSSR count). The van der Waals surface area contributed by atoms with Crippen LogP contribution < -0.4 is 10.1 Å². The minimum Gasteiger partial charge on any atom is -0.468 e. The molecule has 0 aromatic carbocycles. The average molecular weight is 427 g/mol. The van der Waals surface area contributed by atoms with Crippen LogP contribution in [0.25, 0.3) is 0 Å². The van der Waals surface area contributed by atoms with Crippen molar-refractivity contribution in [1.29, 1.82) is 0 Å². The lowest BCUT2D eigenvalue weighted by Crippen LogP contribution is -2.36. The van der Waals surface area contributed by atoms with E-state index >= 15 is 0 Å². The average Bonchev–Trinajstić information content (AvgIpc) is 3.16. The fourth-order valence-corrected chi connectivity index (χ4v) is 3.85. The summed E-state index contributed by atoms with van der Waals surface area (Å²) >= 11 is 1.69. The van der Waals surface area contributed by atoms with Gasteiger partial charge in [0.25, 0.3) is 0 Å². The second-order valence-corrected chi connectivity index (χ2v) is 7.58. The third-order valence-electron chi connectivity index (χ3n) is 4.42. The Kier molecular flexibility index (Phi) is 6.73. The molecule has 2 aromatic rings. The second-order valence-electron chi connectivity index (χ2n) is 6.58. The zero-order valence-electron chi connectivity index (χ0n) is 15.5. The predicted octanol–water partition coefficient (Wildman–Crippen LogP) is 3.07. The number of fused-ring (bicyclic) bond motifs is 1. The molecule has 0 saturated heterocycles. The Morgan fingerprint density at radius 2 is 2.10 bits per heavy atom. The minimum absolute atomic E-state index is 0.00479. The number of aromatic nitrogens is 1. The van der Waals surface area contributed by atoms with Gasteiger partial charge in [0.2, 0.25) is 17.7 Å². The Morgan fingerprint density at radius 1 is 1.28 bits per heavy atom. The van der Waals surface area contributed by atoms with E-state index < -0.39 is 12.8 Å². The first-order valence-electron chi connectivity index (χ1n) is 9.05. The van der Waals surface area contributed by atoms with Crippen LogP contribution in [0, 0.1) is 0 Å². The van der Waals surface area contributed by atoms with Crippen LogP contribution in [0.3, 0.4) is 0 Å². The number of halogens is 3. The number of nitrogens with one attached hydrogen (secondary N) is 1. The first-order chi connectivity index (χ1) is 13.8. The van der Waals surface area contributed by atoms with Crippen LogP contribution in [0.5, 0.6) is 5.88 Å². The van der Waals surface area contributed by atoms with Crippen LogP contribution in [0.1, 0.15) is 28.8 Å². The highest BCUT2D eigenvalue weighted by Crippen LogP contribution is 2.24. The number of thiophene rings is 1. The number of pyridine rings is 1. The first kappa shape index (κ1) is 21.1.